The molecule has 6 nitrogen and oxygen atoms in total. The van der Waals surface area contributed by atoms with E-state index in [4.69, 9.17) is 0 Å². The van der Waals surface area contributed by atoms with Crippen LogP contribution < -0.4 is 16.2 Å². The predicted molar refractivity (Wildman–Crippen MR) is 140 cm³/mol. The van der Waals surface area contributed by atoms with Crippen molar-refractivity contribution in [1.29, 1.82) is 0 Å². The van der Waals surface area contributed by atoms with Crippen molar-refractivity contribution in [2.75, 3.05) is 6.54 Å². The molecule has 0 atom stereocenters. The third kappa shape index (κ3) is 7.77. The summed E-state index contributed by atoms with van der Waals surface area (Å²) >= 11 is 1.68. The Morgan fingerprint density at radius 2 is 1.87 bits per heavy atom. The van der Waals surface area contributed by atoms with Crippen molar-refractivity contribution < 1.29 is 0 Å². The Balaban J connectivity index is 0.00000341. The van der Waals surface area contributed by atoms with E-state index < -0.39 is 0 Å². The fourth-order valence-electron chi connectivity index (χ4n) is 2.88. The zero-order valence-corrected chi connectivity index (χ0v) is 21.3. The Bertz CT molecular complexity index is 1030. The number of thiazole rings is 1. The summed E-state index contributed by atoms with van der Waals surface area (Å²) in [5, 5.41) is 9.82. The number of halogens is 1. The third-order valence-electron chi connectivity index (χ3n) is 4.61. The largest absolute Gasteiger partial charge is 0.357 e. The number of aliphatic imine (C=N–C) groups is 1. The quantitative estimate of drug-likeness (QED) is 0.248. The number of nitrogens with one attached hydrogen (secondary N) is 2. The second-order valence-corrected chi connectivity index (χ2v) is 8.30. The SMILES string of the molecule is CCNC(=NCc1ccc(Cn2ccccc2=O)cc1)NCc1nc(C(C)C)cs1.I. The van der Waals surface area contributed by atoms with Gasteiger partial charge in [0.15, 0.2) is 5.96 Å². The van der Waals surface area contributed by atoms with Gasteiger partial charge in [0.25, 0.3) is 5.56 Å². The molecule has 3 rings (SSSR count). The van der Waals surface area contributed by atoms with Crippen molar-refractivity contribution in [3.05, 3.63) is 86.2 Å². The van der Waals surface area contributed by atoms with E-state index in [1.165, 1.54) is 0 Å². The molecule has 31 heavy (non-hydrogen) atoms. The minimum absolute atomic E-state index is 0. The Hall–Kier alpha value is -2.20. The van der Waals surface area contributed by atoms with Crippen LogP contribution in [0.1, 0.15) is 48.5 Å². The normalized spacial score (nSPS) is 11.3. The van der Waals surface area contributed by atoms with Gasteiger partial charge in [-0.3, -0.25) is 4.79 Å². The lowest BCUT2D eigenvalue weighted by Gasteiger charge is -2.10. The van der Waals surface area contributed by atoms with Gasteiger partial charge in [0.2, 0.25) is 0 Å². The molecular weight excluding hydrogens is 521 g/mol. The molecule has 0 unspecified atom stereocenters. The molecule has 0 aliphatic rings. The zero-order valence-electron chi connectivity index (χ0n) is 18.2. The van der Waals surface area contributed by atoms with Crippen LogP contribution in [-0.2, 0) is 19.6 Å². The van der Waals surface area contributed by atoms with Crippen LogP contribution in [0.25, 0.3) is 0 Å². The van der Waals surface area contributed by atoms with E-state index >= 15 is 0 Å². The van der Waals surface area contributed by atoms with Crippen LogP contribution in [0, 0.1) is 0 Å². The molecule has 1 aromatic carbocycles. The third-order valence-corrected chi connectivity index (χ3v) is 5.47. The molecule has 2 heterocycles. The first kappa shape index (κ1) is 25.1. The maximum absolute atomic E-state index is 11.9. The summed E-state index contributed by atoms with van der Waals surface area (Å²) in [7, 11) is 0. The number of rotatable bonds is 8. The molecule has 0 amide bonds. The van der Waals surface area contributed by atoms with Crippen molar-refractivity contribution in [2.45, 2.75) is 46.3 Å². The molecule has 0 radical (unpaired) electrons. The van der Waals surface area contributed by atoms with Gasteiger partial charge in [-0.25, -0.2) is 9.98 Å². The highest BCUT2D eigenvalue weighted by Crippen LogP contribution is 2.17. The first-order chi connectivity index (χ1) is 14.5. The summed E-state index contributed by atoms with van der Waals surface area (Å²) in [5.41, 5.74) is 3.35. The topological polar surface area (TPSA) is 71.3 Å². The smallest absolute Gasteiger partial charge is 0.250 e. The molecule has 0 saturated carbocycles. The summed E-state index contributed by atoms with van der Waals surface area (Å²) in [6.07, 6.45) is 1.81. The lowest BCUT2D eigenvalue weighted by molar-refractivity contribution is 0.759. The van der Waals surface area contributed by atoms with Gasteiger partial charge < -0.3 is 15.2 Å². The predicted octanol–water partition coefficient (Wildman–Crippen LogP) is 4.35. The molecular formula is C23H30IN5OS. The van der Waals surface area contributed by atoms with E-state index in [9.17, 15) is 4.79 Å². The van der Waals surface area contributed by atoms with E-state index in [0.717, 1.165) is 34.3 Å². The second-order valence-electron chi connectivity index (χ2n) is 7.35. The molecule has 3 aromatic rings. The Labute approximate surface area is 204 Å². The van der Waals surface area contributed by atoms with Crippen LogP contribution >= 0.6 is 35.3 Å². The lowest BCUT2D eigenvalue weighted by atomic mass is 10.1. The highest BCUT2D eigenvalue weighted by molar-refractivity contribution is 14.0. The summed E-state index contributed by atoms with van der Waals surface area (Å²) in [6.45, 7) is 8.97. The maximum Gasteiger partial charge on any atom is 0.250 e. The number of nitrogens with zero attached hydrogens (tertiary/aromatic N) is 3. The van der Waals surface area contributed by atoms with Gasteiger partial charge in [0, 0.05) is 24.2 Å². The maximum atomic E-state index is 11.9. The van der Waals surface area contributed by atoms with E-state index in [0.29, 0.717) is 25.6 Å². The van der Waals surface area contributed by atoms with E-state index in [-0.39, 0.29) is 29.5 Å². The fraction of sp³-hybridized carbons (Fsp3) is 0.348. The summed E-state index contributed by atoms with van der Waals surface area (Å²) < 4.78 is 1.70. The Morgan fingerprint density at radius 1 is 1.13 bits per heavy atom. The molecule has 8 heteroatoms. The van der Waals surface area contributed by atoms with E-state index in [2.05, 4.69) is 58.9 Å². The van der Waals surface area contributed by atoms with Crippen LogP contribution in [0.2, 0.25) is 0 Å². The van der Waals surface area contributed by atoms with Crippen LogP contribution in [0.15, 0.2) is 63.8 Å². The number of aromatic nitrogens is 2. The van der Waals surface area contributed by atoms with Gasteiger partial charge in [0.05, 0.1) is 25.3 Å². The molecule has 0 fully saturated rings. The standard InChI is InChI=1S/C23H29N5OS.HI/c1-4-24-23(26-14-21-27-20(16-30-21)17(2)3)25-13-18-8-10-19(11-9-18)15-28-12-6-5-7-22(28)29;/h5-12,16-17H,4,13-15H2,1-3H3,(H2,24,25,26);1H. The number of hydrogen-bond acceptors (Lipinski definition) is 4. The second kappa shape index (κ2) is 12.6. The minimum Gasteiger partial charge on any atom is -0.357 e. The number of pyridine rings is 1. The molecule has 0 bridgehead atoms. The van der Waals surface area contributed by atoms with Crippen molar-refractivity contribution in [3.63, 3.8) is 0 Å². The minimum atomic E-state index is 0. The first-order valence-corrected chi connectivity index (χ1v) is 11.1. The molecule has 2 N–H and O–H groups in total. The highest BCUT2D eigenvalue weighted by atomic mass is 127. The lowest BCUT2D eigenvalue weighted by Crippen LogP contribution is -2.36. The van der Waals surface area contributed by atoms with Gasteiger partial charge in [-0.1, -0.05) is 44.2 Å². The van der Waals surface area contributed by atoms with Crippen molar-refractivity contribution >= 4 is 41.3 Å². The first-order valence-electron chi connectivity index (χ1n) is 10.2. The van der Waals surface area contributed by atoms with Gasteiger partial charge in [-0.2, -0.15) is 0 Å². The highest BCUT2D eigenvalue weighted by Gasteiger charge is 2.06. The summed E-state index contributed by atoms with van der Waals surface area (Å²) in [4.78, 5) is 21.2. The monoisotopic (exact) mass is 551 g/mol. The molecule has 0 spiro atoms. The van der Waals surface area contributed by atoms with Gasteiger partial charge in [-0.05, 0) is 30.0 Å². The van der Waals surface area contributed by atoms with Crippen molar-refractivity contribution in [1.82, 2.24) is 20.2 Å². The van der Waals surface area contributed by atoms with Gasteiger partial charge in [0.1, 0.15) is 5.01 Å². The van der Waals surface area contributed by atoms with E-state index in [1.54, 1.807) is 28.0 Å². The van der Waals surface area contributed by atoms with Crippen LogP contribution in [0.3, 0.4) is 0 Å². The zero-order chi connectivity index (χ0) is 21.3. The van der Waals surface area contributed by atoms with Gasteiger partial charge in [-0.15, -0.1) is 35.3 Å². The average molecular weight is 551 g/mol. The average Bonchev–Trinajstić information content (AvgIpc) is 3.22. The van der Waals surface area contributed by atoms with Crippen molar-refractivity contribution in [2.24, 2.45) is 4.99 Å². The van der Waals surface area contributed by atoms with Crippen LogP contribution in [0.5, 0.6) is 0 Å². The molecule has 0 aliphatic heterocycles. The molecule has 0 aliphatic carbocycles. The molecule has 166 valence electrons. The fourth-order valence-corrected chi connectivity index (χ4v) is 3.78. The molecule has 0 saturated heterocycles. The summed E-state index contributed by atoms with van der Waals surface area (Å²) in [5.74, 6) is 1.22. The van der Waals surface area contributed by atoms with Crippen LogP contribution in [-0.4, -0.2) is 22.1 Å². The summed E-state index contributed by atoms with van der Waals surface area (Å²) in [6, 6.07) is 13.4. The number of guanidine groups is 1. The number of benzene rings is 1. The van der Waals surface area contributed by atoms with Crippen LogP contribution in [0.4, 0.5) is 0 Å². The number of hydrogen-bond donors (Lipinski definition) is 2. The molecule has 2 aromatic heterocycles. The van der Waals surface area contributed by atoms with Gasteiger partial charge >= 0.3 is 0 Å². The Morgan fingerprint density at radius 3 is 2.52 bits per heavy atom. The Kier molecular flexibility index (Phi) is 10.2. The van der Waals surface area contributed by atoms with Crippen molar-refractivity contribution in [3.8, 4) is 0 Å². The van der Waals surface area contributed by atoms with E-state index in [1.807, 2.05) is 24.4 Å².